The summed E-state index contributed by atoms with van der Waals surface area (Å²) in [6.45, 7) is 0. The largest absolute Gasteiger partial charge is 0.507 e. The summed E-state index contributed by atoms with van der Waals surface area (Å²) in [6, 6.07) is 5.51. The second kappa shape index (κ2) is 3.04. The molecule has 62 valence electrons. The molecular formula is C8H6O4. The van der Waals surface area contributed by atoms with E-state index in [2.05, 4.69) is 0 Å². The molecule has 2 N–H and O–H groups in total. The van der Waals surface area contributed by atoms with Crippen molar-refractivity contribution in [2.24, 2.45) is 0 Å². The molecule has 0 fully saturated rings. The van der Waals surface area contributed by atoms with Crippen LogP contribution in [0.2, 0.25) is 0 Å². The molecule has 0 atom stereocenters. The van der Waals surface area contributed by atoms with Crippen LogP contribution in [0.1, 0.15) is 10.4 Å². The van der Waals surface area contributed by atoms with Gasteiger partial charge < -0.3 is 10.2 Å². The number of carbonyl (C=O) groups is 2. The van der Waals surface area contributed by atoms with Crippen LogP contribution < -0.4 is 0 Å². The number of para-hydroxylation sites is 1. The first-order valence-electron chi connectivity index (χ1n) is 3.18. The predicted octanol–water partition coefficient (Wildman–Crippen LogP) is 0.659. The second-order valence-electron chi connectivity index (χ2n) is 2.15. The number of aromatic hydroxyl groups is 1. The summed E-state index contributed by atoms with van der Waals surface area (Å²) < 4.78 is 0. The molecule has 1 aromatic rings. The van der Waals surface area contributed by atoms with Gasteiger partial charge in [-0.1, -0.05) is 12.1 Å². The van der Waals surface area contributed by atoms with E-state index in [1.807, 2.05) is 0 Å². The van der Waals surface area contributed by atoms with Crippen molar-refractivity contribution in [2.75, 3.05) is 0 Å². The van der Waals surface area contributed by atoms with Gasteiger partial charge in [0.1, 0.15) is 5.75 Å². The van der Waals surface area contributed by atoms with Gasteiger partial charge in [0, 0.05) is 0 Å². The molecular weight excluding hydrogens is 160 g/mol. The lowest BCUT2D eigenvalue weighted by Gasteiger charge is -1.97. The van der Waals surface area contributed by atoms with Crippen molar-refractivity contribution in [3.05, 3.63) is 29.8 Å². The minimum absolute atomic E-state index is 0.190. The molecule has 0 aliphatic heterocycles. The summed E-state index contributed by atoms with van der Waals surface area (Å²) >= 11 is 0. The normalized spacial score (nSPS) is 9.33. The van der Waals surface area contributed by atoms with Crippen LogP contribution in [0.5, 0.6) is 5.75 Å². The van der Waals surface area contributed by atoms with Crippen LogP contribution in [0.15, 0.2) is 24.3 Å². The fraction of sp³-hybridized carbons (Fsp3) is 0. The maximum atomic E-state index is 10.8. The summed E-state index contributed by atoms with van der Waals surface area (Å²) in [6.07, 6.45) is 0. The Bertz CT molecular complexity index is 330. The van der Waals surface area contributed by atoms with Crippen LogP contribution in [0.4, 0.5) is 0 Å². The van der Waals surface area contributed by atoms with E-state index in [9.17, 15) is 9.59 Å². The number of Topliss-reactive ketones (excluding diaryl/α,β-unsaturated/α-hetero) is 1. The van der Waals surface area contributed by atoms with Gasteiger partial charge in [0.25, 0.3) is 5.78 Å². The number of hydrogen-bond donors (Lipinski definition) is 2. The summed E-state index contributed by atoms with van der Waals surface area (Å²) in [4.78, 5) is 21.0. The summed E-state index contributed by atoms with van der Waals surface area (Å²) in [5.74, 6) is -2.99. The van der Waals surface area contributed by atoms with Gasteiger partial charge in [-0.25, -0.2) is 4.79 Å². The quantitative estimate of drug-likeness (QED) is 0.500. The maximum absolute atomic E-state index is 10.8. The lowest BCUT2D eigenvalue weighted by Crippen LogP contribution is -2.12. The third-order valence-corrected chi connectivity index (χ3v) is 1.34. The first-order valence-corrected chi connectivity index (χ1v) is 3.18. The zero-order chi connectivity index (χ0) is 9.14. The van der Waals surface area contributed by atoms with E-state index in [1.54, 1.807) is 0 Å². The number of carboxylic acids is 1. The van der Waals surface area contributed by atoms with Gasteiger partial charge in [-0.05, 0) is 12.1 Å². The van der Waals surface area contributed by atoms with Crippen LogP contribution in [0, 0.1) is 0 Å². The van der Waals surface area contributed by atoms with E-state index >= 15 is 0 Å². The molecule has 0 aliphatic carbocycles. The van der Waals surface area contributed by atoms with E-state index in [1.165, 1.54) is 24.3 Å². The van der Waals surface area contributed by atoms with E-state index < -0.39 is 11.8 Å². The highest BCUT2D eigenvalue weighted by molar-refractivity contribution is 6.40. The van der Waals surface area contributed by atoms with Gasteiger partial charge in [-0.3, -0.25) is 4.79 Å². The van der Waals surface area contributed by atoms with Gasteiger partial charge in [0.05, 0.1) is 5.56 Å². The van der Waals surface area contributed by atoms with Gasteiger partial charge in [-0.15, -0.1) is 0 Å². The Morgan fingerprint density at radius 2 is 1.75 bits per heavy atom. The summed E-state index contributed by atoms with van der Waals surface area (Å²) in [5.41, 5.74) is -0.190. The Morgan fingerprint density at radius 3 is 2.25 bits per heavy atom. The molecule has 12 heavy (non-hydrogen) atoms. The highest BCUT2D eigenvalue weighted by atomic mass is 16.4. The van der Waals surface area contributed by atoms with Crippen LogP contribution >= 0.6 is 0 Å². The van der Waals surface area contributed by atoms with Crippen LogP contribution in [0.3, 0.4) is 0 Å². The minimum atomic E-state index is -1.57. The Morgan fingerprint density at radius 1 is 1.17 bits per heavy atom. The van der Waals surface area contributed by atoms with Gasteiger partial charge >= 0.3 is 5.97 Å². The zero-order valence-electron chi connectivity index (χ0n) is 6.02. The lowest BCUT2D eigenvalue weighted by atomic mass is 10.1. The number of rotatable bonds is 2. The lowest BCUT2D eigenvalue weighted by molar-refractivity contribution is -0.131. The molecule has 0 saturated carbocycles. The standard InChI is InChI=1S/C8H6O4/c9-6-4-2-1-3-5(6)7(10)8(11)12/h1-4,9H,(H,11,12). The highest BCUT2D eigenvalue weighted by Gasteiger charge is 2.17. The molecule has 0 saturated heterocycles. The van der Waals surface area contributed by atoms with Crippen molar-refractivity contribution in [2.45, 2.75) is 0 Å². The third-order valence-electron chi connectivity index (χ3n) is 1.34. The van der Waals surface area contributed by atoms with Crippen molar-refractivity contribution in [1.82, 2.24) is 0 Å². The number of phenols is 1. The topological polar surface area (TPSA) is 74.6 Å². The maximum Gasteiger partial charge on any atom is 0.377 e. The molecule has 0 heterocycles. The summed E-state index contributed by atoms with van der Waals surface area (Å²) in [5, 5.41) is 17.3. The van der Waals surface area contributed by atoms with Gasteiger partial charge in [0.2, 0.25) is 0 Å². The molecule has 4 heteroatoms. The first-order chi connectivity index (χ1) is 5.63. The number of aliphatic carboxylic acids is 1. The smallest absolute Gasteiger partial charge is 0.377 e. The highest BCUT2D eigenvalue weighted by Crippen LogP contribution is 2.15. The first kappa shape index (κ1) is 8.26. The number of carboxylic acid groups (broad SMARTS) is 1. The molecule has 0 spiro atoms. The van der Waals surface area contributed by atoms with E-state index in [4.69, 9.17) is 10.2 Å². The fourth-order valence-electron chi connectivity index (χ4n) is 0.781. The fourth-order valence-corrected chi connectivity index (χ4v) is 0.781. The predicted molar refractivity (Wildman–Crippen MR) is 40.1 cm³/mol. The van der Waals surface area contributed by atoms with E-state index in [0.29, 0.717) is 0 Å². The number of benzene rings is 1. The number of phenolic OH excluding ortho intramolecular Hbond substituents is 1. The number of carbonyl (C=O) groups excluding carboxylic acids is 1. The van der Waals surface area contributed by atoms with Crippen molar-refractivity contribution in [3.8, 4) is 5.75 Å². The summed E-state index contributed by atoms with van der Waals surface area (Å²) in [7, 11) is 0. The molecule has 1 aromatic carbocycles. The van der Waals surface area contributed by atoms with Gasteiger partial charge in [0.15, 0.2) is 0 Å². The average molecular weight is 166 g/mol. The SMILES string of the molecule is O=C(O)C(=O)c1ccccc1O. The molecule has 4 nitrogen and oxygen atoms in total. The van der Waals surface area contributed by atoms with Crippen LogP contribution in [-0.2, 0) is 4.79 Å². The molecule has 0 radical (unpaired) electrons. The van der Waals surface area contributed by atoms with E-state index in [-0.39, 0.29) is 11.3 Å². The average Bonchev–Trinajstić information content (AvgIpc) is 2.04. The van der Waals surface area contributed by atoms with Crippen molar-refractivity contribution in [1.29, 1.82) is 0 Å². The Balaban J connectivity index is 3.11. The van der Waals surface area contributed by atoms with Crippen LogP contribution in [0.25, 0.3) is 0 Å². The Labute approximate surface area is 68.1 Å². The molecule has 0 amide bonds. The van der Waals surface area contributed by atoms with Gasteiger partial charge in [-0.2, -0.15) is 0 Å². The van der Waals surface area contributed by atoms with Crippen molar-refractivity contribution in [3.63, 3.8) is 0 Å². The van der Waals surface area contributed by atoms with E-state index in [0.717, 1.165) is 0 Å². The molecule has 1 rings (SSSR count). The second-order valence-corrected chi connectivity index (χ2v) is 2.15. The number of hydrogen-bond acceptors (Lipinski definition) is 3. The third kappa shape index (κ3) is 1.42. The Kier molecular flexibility index (Phi) is 2.09. The molecule has 0 aliphatic rings. The molecule has 0 aromatic heterocycles. The molecule has 0 unspecified atom stereocenters. The minimum Gasteiger partial charge on any atom is -0.507 e. The molecule has 0 bridgehead atoms. The zero-order valence-corrected chi connectivity index (χ0v) is 6.02. The monoisotopic (exact) mass is 166 g/mol. The van der Waals surface area contributed by atoms with Crippen molar-refractivity contribution >= 4 is 11.8 Å². The Hall–Kier alpha value is -1.84. The van der Waals surface area contributed by atoms with Crippen molar-refractivity contribution < 1.29 is 19.8 Å². The number of ketones is 1. The van der Waals surface area contributed by atoms with Crippen LogP contribution in [-0.4, -0.2) is 22.0 Å².